The Hall–Kier alpha value is -1.96. The van der Waals surface area contributed by atoms with Gasteiger partial charge in [0.2, 0.25) is 0 Å². The van der Waals surface area contributed by atoms with Crippen LogP contribution in [0.1, 0.15) is 48.6 Å². The van der Waals surface area contributed by atoms with Crippen molar-refractivity contribution < 1.29 is 10.2 Å². The molecule has 0 radical (unpaired) electrons. The molecule has 5 rings (SSSR count). The van der Waals surface area contributed by atoms with Gasteiger partial charge < -0.3 is 10.2 Å². The van der Waals surface area contributed by atoms with Gasteiger partial charge in [-0.15, -0.1) is 0 Å². The van der Waals surface area contributed by atoms with Gasteiger partial charge in [-0.1, -0.05) is 36.4 Å². The van der Waals surface area contributed by atoms with Gasteiger partial charge in [-0.25, -0.2) is 0 Å². The van der Waals surface area contributed by atoms with Crippen LogP contribution in [0.3, 0.4) is 0 Å². The molecule has 2 heteroatoms. The van der Waals surface area contributed by atoms with Gasteiger partial charge in [0.15, 0.2) is 0 Å². The first-order valence-corrected chi connectivity index (χ1v) is 9.28. The Balaban J connectivity index is 1.42. The molecule has 0 heterocycles. The van der Waals surface area contributed by atoms with Crippen LogP contribution in [0, 0.1) is 23.7 Å². The molecule has 0 spiro atoms. The van der Waals surface area contributed by atoms with Gasteiger partial charge >= 0.3 is 0 Å². The van der Waals surface area contributed by atoms with E-state index in [2.05, 4.69) is 18.2 Å². The third-order valence-corrected chi connectivity index (χ3v) is 7.18. The zero-order valence-corrected chi connectivity index (χ0v) is 13.8. The maximum absolute atomic E-state index is 10.3. The van der Waals surface area contributed by atoms with Gasteiger partial charge in [0.05, 0.1) is 0 Å². The van der Waals surface area contributed by atoms with Crippen molar-refractivity contribution in [1.29, 1.82) is 0 Å². The van der Waals surface area contributed by atoms with Crippen LogP contribution >= 0.6 is 0 Å². The van der Waals surface area contributed by atoms with E-state index in [-0.39, 0.29) is 0 Å². The Bertz CT molecular complexity index is 768. The molecule has 0 aliphatic heterocycles. The van der Waals surface area contributed by atoms with E-state index in [0.29, 0.717) is 29.3 Å². The molecule has 2 bridgehead atoms. The molecule has 2 aromatic rings. The van der Waals surface area contributed by atoms with Crippen molar-refractivity contribution in [2.45, 2.75) is 37.5 Å². The molecule has 0 aromatic heterocycles. The first kappa shape index (κ1) is 14.4. The molecule has 2 N–H and O–H groups in total. The molecule has 3 fully saturated rings. The highest BCUT2D eigenvalue weighted by molar-refractivity contribution is 5.39. The lowest BCUT2D eigenvalue weighted by atomic mass is 9.73. The Morgan fingerprint density at radius 3 is 1.96 bits per heavy atom. The van der Waals surface area contributed by atoms with E-state index in [1.807, 2.05) is 30.3 Å². The topological polar surface area (TPSA) is 40.5 Å². The Labute approximate surface area is 143 Å². The van der Waals surface area contributed by atoms with E-state index in [4.69, 9.17) is 0 Å². The fourth-order valence-electron chi connectivity index (χ4n) is 6.32. The molecular formula is C22H24O2. The van der Waals surface area contributed by atoms with Crippen LogP contribution in [-0.2, 0) is 0 Å². The third-order valence-electron chi connectivity index (χ3n) is 7.18. The molecule has 0 amide bonds. The van der Waals surface area contributed by atoms with Gasteiger partial charge in [0.1, 0.15) is 11.5 Å². The molecule has 2 nitrogen and oxygen atoms in total. The summed E-state index contributed by atoms with van der Waals surface area (Å²) in [6, 6.07) is 15.8. The summed E-state index contributed by atoms with van der Waals surface area (Å²) in [5, 5.41) is 20.5. The Kier molecular flexibility index (Phi) is 3.16. The van der Waals surface area contributed by atoms with E-state index in [0.717, 1.165) is 28.9 Å². The van der Waals surface area contributed by atoms with Crippen LogP contribution in [0.2, 0.25) is 0 Å². The monoisotopic (exact) mass is 320 g/mol. The van der Waals surface area contributed by atoms with Crippen LogP contribution < -0.4 is 0 Å². The number of benzene rings is 2. The normalized spacial score (nSPS) is 36.8. The predicted octanol–water partition coefficient (Wildman–Crippen LogP) is 5.03. The fourth-order valence-corrected chi connectivity index (χ4v) is 6.32. The minimum absolute atomic E-state index is 0.465. The Morgan fingerprint density at radius 1 is 0.625 bits per heavy atom. The predicted molar refractivity (Wildman–Crippen MR) is 94.1 cm³/mol. The average Bonchev–Trinajstić information content (AvgIpc) is 3.27. The van der Waals surface area contributed by atoms with Crippen molar-refractivity contribution in [2.24, 2.45) is 23.7 Å². The van der Waals surface area contributed by atoms with Crippen LogP contribution in [0.25, 0.3) is 0 Å². The minimum atomic E-state index is 0.465. The largest absolute Gasteiger partial charge is 0.508 e. The molecule has 6 atom stereocenters. The van der Waals surface area contributed by atoms with Crippen molar-refractivity contribution >= 4 is 0 Å². The average molecular weight is 320 g/mol. The standard InChI is InChI=1S/C22H24O2/c23-21-7-3-1-5-15(21)13-9-17-14-11-18(20(12-14)19(17)10-13)16-6-2-4-8-22(16)24/h1-8,13-14,17-20,23-24H,9-12H2. The van der Waals surface area contributed by atoms with Crippen LogP contribution in [0.4, 0.5) is 0 Å². The quantitative estimate of drug-likeness (QED) is 0.814. The van der Waals surface area contributed by atoms with Crippen molar-refractivity contribution in [3.8, 4) is 11.5 Å². The first-order chi connectivity index (χ1) is 11.7. The van der Waals surface area contributed by atoms with E-state index in [1.165, 1.54) is 25.7 Å². The lowest BCUT2D eigenvalue weighted by Crippen LogP contribution is -2.23. The lowest BCUT2D eigenvalue weighted by Gasteiger charge is -2.32. The van der Waals surface area contributed by atoms with Gasteiger partial charge in [-0.05, 0) is 84.5 Å². The molecule has 3 aliphatic rings. The second kappa shape index (κ2) is 5.27. The first-order valence-electron chi connectivity index (χ1n) is 9.28. The zero-order valence-electron chi connectivity index (χ0n) is 13.8. The molecule has 6 unspecified atom stereocenters. The fraction of sp³-hybridized carbons (Fsp3) is 0.455. The molecule has 0 saturated heterocycles. The van der Waals surface area contributed by atoms with Crippen LogP contribution in [0.5, 0.6) is 11.5 Å². The van der Waals surface area contributed by atoms with E-state index < -0.39 is 0 Å². The third kappa shape index (κ3) is 2.02. The zero-order chi connectivity index (χ0) is 16.3. The highest BCUT2D eigenvalue weighted by atomic mass is 16.3. The second-order valence-corrected chi connectivity index (χ2v) is 8.12. The number of phenols is 2. The van der Waals surface area contributed by atoms with Gasteiger partial charge in [0, 0.05) is 0 Å². The summed E-state index contributed by atoms with van der Waals surface area (Å²) < 4.78 is 0. The maximum atomic E-state index is 10.3. The molecule has 3 saturated carbocycles. The summed E-state index contributed by atoms with van der Waals surface area (Å²) in [5.74, 6) is 5.08. The summed E-state index contributed by atoms with van der Waals surface area (Å²) in [4.78, 5) is 0. The summed E-state index contributed by atoms with van der Waals surface area (Å²) in [5.41, 5.74) is 2.31. The van der Waals surface area contributed by atoms with E-state index in [1.54, 1.807) is 0 Å². The summed E-state index contributed by atoms with van der Waals surface area (Å²) in [6.45, 7) is 0. The smallest absolute Gasteiger partial charge is 0.119 e. The van der Waals surface area contributed by atoms with Crippen molar-refractivity contribution in [3.63, 3.8) is 0 Å². The minimum Gasteiger partial charge on any atom is -0.508 e. The lowest BCUT2D eigenvalue weighted by molar-refractivity contribution is 0.230. The van der Waals surface area contributed by atoms with E-state index >= 15 is 0 Å². The Morgan fingerprint density at radius 2 is 1.25 bits per heavy atom. The van der Waals surface area contributed by atoms with E-state index in [9.17, 15) is 10.2 Å². The van der Waals surface area contributed by atoms with Gasteiger partial charge in [-0.2, -0.15) is 0 Å². The van der Waals surface area contributed by atoms with Gasteiger partial charge in [0.25, 0.3) is 0 Å². The molecule has 2 aromatic carbocycles. The highest BCUT2D eigenvalue weighted by Gasteiger charge is 2.56. The molecular weight excluding hydrogens is 296 g/mol. The summed E-state index contributed by atoms with van der Waals surface area (Å²) >= 11 is 0. The van der Waals surface area contributed by atoms with Crippen molar-refractivity contribution in [2.75, 3.05) is 0 Å². The number of phenolic OH excluding ortho intramolecular Hbond substituents is 2. The summed E-state index contributed by atoms with van der Waals surface area (Å²) in [6.07, 6.45) is 5.00. The molecule has 124 valence electrons. The number of fused-ring (bicyclic) bond motifs is 5. The molecule has 24 heavy (non-hydrogen) atoms. The van der Waals surface area contributed by atoms with Crippen LogP contribution in [-0.4, -0.2) is 10.2 Å². The summed E-state index contributed by atoms with van der Waals surface area (Å²) in [7, 11) is 0. The SMILES string of the molecule is Oc1ccccc1C1CC2C3CC(c4ccccc4O)C(C3)C2C1. The number of hydrogen-bond acceptors (Lipinski definition) is 2. The second-order valence-electron chi connectivity index (χ2n) is 8.12. The van der Waals surface area contributed by atoms with Crippen molar-refractivity contribution in [1.82, 2.24) is 0 Å². The van der Waals surface area contributed by atoms with Crippen molar-refractivity contribution in [3.05, 3.63) is 59.7 Å². The van der Waals surface area contributed by atoms with Gasteiger partial charge in [-0.3, -0.25) is 0 Å². The maximum Gasteiger partial charge on any atom is 0.119 e. The number of para-hydroxylation sites is 2. The number of rotatable bonds is 2. The number of hydrogen-bond donors (Lipinski definition) is 2. The molecule has 3 aliphatic carbocycles. The van der Waals surface area contributed by atoms with Crippen LogP contribution in [0.15, 0.2) is 48.5 Å². The number of aromatic hydroxyl groups is 2. The highest BCUT2D eigenvalue weighted by Crippen LogP contribution is 2.66.